The quantitative estimate of drug-likeness (QED) is 0.800. The second-order valence-corrected chi connectivity index (χ2v) is 3.46. The van der Waals surface area contributed by atoms with Crippen LogP contribution in [-0.4, -0.2) is 6.04 Å². The lowest BCUT2D eigenvalue weighted by atomic mass is 10.0. The SMILES string of the molecule is CCC(N)Cc1cccc(F)c1Cl. The topological polar surface area (TPSA) is 26.0 Å². The molecule has 0 aliphatic rings. The fourth-order valence-electron chi connectivity index (χ4n) is 1.13. The summed E-state index contributed by atoms with van der Waals surface area (Å²) in [5, 5.41) is 0.200. The van der Waals surface area contributed by atoms with E-state index in [1.54, 1.807) is 12.1 Å². The minimum absolute atomic E-state index is 0.0549. The van der Waals surface area contributed by atoms with Gasteiger partial charge in [-0.25, -0.2) is 4.39 Å². The van der Waals surface area contributed by atoms with Crippen LogP contribution in [0.3, 0.4) is 0 Å². The van der Waals surface area contributed by atoms with Crippen molar-refractivity contribution in [2.75, 3.05) is 0 Å². The van der Waals surface area contributed by atoms with E-state index in [2.05, 4.69) is 0 Å². The zero-order chi connectivity index (χ0) is 9.84. The maximum atomic E-state index is 13.0. The van der Waals surface area contributed by atoms with Gasteiger partial charge in [0.2, 0.25) is 0 Å². The van der Waals surface area contributed by atoms with E-state index in [-0.39, 0.29) is 16.9 Å². The summed E-state index contributed by atoms with van der Waals surface area (Å²) in [5.74, 6) is -0.373. The van der Waals surface area contributed by atoms with E-state index in [1.807, 2.05) is 6.92 Å². The lowest BCUT2D eigenvalue weighted by Crippen LogP contribution is -2.21. The lowest BCUT2D eigenvalue weighted by Gasteiger charge is -2.10. The first kappa shape index (κ1) is 10.5. The van der Waals surface area contributed by atoms with E-state index in [4.69, 9.17) is 17.3 Å². The molecule has 0 aromatic heterocycles. The Morgan fingerprint density at radius 1 is 1.54 bits per heavy atom. The third kappa shape index (κ3) is 2.68. The third-order valence-corrected chi connectivity index (χ3v) is 2.46. The van der Waals surface area contributed by atoms with E-state index in [1.165, 1.54) is 6.07 Å². The van der Waals surface area contributed by atoms with Gasteiger partial charge in [0.05, 0.1) is 5.02 Å². The molecule has 1 nitrogen and oxygen atoms in total. The Labute approximate surface area is 82.7 Å². The Morgan fingerprint density at radius 3 is 2.85 bits per heavy atom. The molecule has 0 bridgehead atoms. The predicted octanol–water partition coefficient (Wildman–Crippen LogP) is 2.76. The van der Waals surface area contributed by atoms with Gasteiger partial charge in [-0.2, -0.15) is 0 Å². The highest BCUT2D eigenvalue weighted by Crippen LogP contribution is 2.20. The van der Waals surface area contributed by atoms with Crippen molar-refractivity contribution in [3.63, 3.8) is 0 Å². The molecule has 0 aliphatic carbocycles. The molecule has 1 aromatic rings. The van der Waals surface area contributed by atoms with Crippen molar-refractivity contribution >= 4 is 11.6 Å². The van der Waals surface area contributed by atoms with Gasteiger partial charge in [0.15, 0.2) is 0 Å². The Balaban J connectivity index is 2.83. The number of nitrogens with two attached hydrogens (primary N) is 1. The van der Waals surface area contributed by atoms with Gasteiger partial charge in [0, 0.05) is 6.04 Å². The van der Waals surface area contributed by atoms with Gasteiger partial charge in [0.25, 0.3) is 0 Å². The molecule has 13 heavy (non-hydrogen) atoms. The first-order valence-electron chi connectivity index (χ1n) is 4.33. The van der Waals surface area contributed by atoms with Crippen molar-refractivity contribution in [3.05, 3.63) is 34.6 Å². The molecule has 0 heterocycles. The smallest absolute Gasteiger partial charge is 0.142 e. The maximum Gasteiger partial charge on any atom is 0.142 e. The van der Waals surface area contributed by atoms with Crippen LogP contribution in [0.5, 0.6) is 0 Å². The van der Waals surface area contributed by atoms with Crippen LogP contribution in [0.25, 0.3) is 0 Å². The van der Waals surface area contributed by atoms with Crippen LogP contribution in [0.4, 0.5) is 4.39 Å². The summed E-state index contributed by atoms with van der Waals surface area (Å²) in [4.78, 5) is 0. The van der Waals surface area contributed by atoms with Crippen LogP contribution in [0.2, 0.25) is 5.02 Å². The summed E-state index contributed by atoms with van der Waals surface area (Å²) in [6.07, 6.45) is 1.50. The van der Waals surface area contributed by atoms with Crippen LogP contribution in [-0.2, 0) is 6.42 Å². The molecule has 72 valence electrons. The molecule has 0 aliphatic heterocycles. The number of hydrogen-bond donors (Lipinski definition) is 1. The highest BCUT2D eigenvalue weighted by atomic mass is 35.5. The van der Waals surface area contributed by atoms with Crippen molar-refractivity contribution in [2.45, 2.75) is 25.8 Å². The Morgan fingerprint density at radius 2 is 2.23 bits per heavy atom. The molecule has 0 amide bonds. The summed E-state index contributed by atoms with van der Waals surface area (Å²) in [6.45, 7) is 2.00. The molecule has 3 heteroatoms. The lowest BCUT2D eigenvalue weighted by molar-refractivity contribution is 0.615. The van der Waals surface area contributed by atoms with E-state index >= 15 is 0 Å². The third-order valence-electron chi connectivity index (χ3n) is 2.04. The van der Waals surface area contributed by atoms with Gasteiger partial charge in [0.1, 0.15) is 5.82 Å². The van der Waals surface area contributed by atoms with Crippen molar-refractivity contribution < 1.29 is 4.39 Å². The largest absolute Gasteiger partial charge is 0.327 e. The molecule has 0 radical (unpaired) electrons. The minimum atomic E-state index is -0.373. The molecule has 0 saturated heterocycles. The zero-order valence-corrected chi connectivity index (χ0v) is 8.31. The van der Waals surface area contributed by atoms with Gasteiger partial charge in [-0.05, 0) is 24.5 Å². The van der Waals surface area contributed by atoms with Crippen LogP contribution < -0.4 is 5.73 Å². The van der Waals surface area contributed by atoms with E-state index in [9.17, 15) is 4.39 Å². The van der Waals surface area contributed by atoms with E-state index in [0.717, 1.165) is 12.0 Å². The van der Waals surface area contributed by atoms with E-state index < -0.39 is 0 Å². The molecule has 1 aromatic carbocycles. The van der Waals surface area contributed by atoms with Crippen molar-refractivity contribution in [1.82, 2.24) is 0 Å². The monoisotopic (exact) mass is 201 g/mol. The van der Waals surface area contributed by atoms with Crippen LogP contribution in [0, 0.1) is 5.82 Å². The van der Waals surface area contributed by atoms with Gasteiger partial charge in [-0.3, -0.25) is 0 Å². The van der Waals surface area contributed by atoms with Gasteiger partial charge >= 0.3 is 0 Å². The van der Waals surface area contributed by atoms with Gasteiger partial charge in [-0.1, -0.05) is 30.7 Å². The fraction of sp³-hybridized carbons (Fsp3) is 0.400. The van der Waals surface area contributed by atoms with Crippen LogP contribution in [0.1, 0.15) is 18.9 Å². The molecule has 1 rings (SSSR count). The summed E-state index contributed by atoms with van der Waals surface area (Å²) >= 11 is 5.76. The summed E-state index contributed by atoms with van der Waals surface area (Å²) in [5.41, 5.74) is 6.53. The minimum Gasteiger partial charge on any atom is -0.327 e. The molecular formula is C10H13ClFN. The standard InChI is InChI=1S/C10H13ClFN/c1-2-8(13)6-7-4-3-5-9(12)10(7)11/h3-5,8H,2,6,13H2,1H3. The molecule has 0 saturated carbocycles. The Hall–Kier alpha value is -0.600. The average molecular weight is 202 g/mol. The summed E-state index contributed by atoms with van der Waals surface area (Å²) in [7, 11) is 0. The van der Waals surface area contributed by atoms with Gasteiger partial charge in [-0.15, -0.1) is 0 Å². The fourth-order valence-corrected chi connectivity index (χ4v) is 1.34. The van der Waals surface area contributed by atoms with Crippen LogP contribution in [0.15, 0.2) is 18.2 Å². The molecule has 1 atom stereocenters. The molecule has 0 fully saturated rings. The first-order valence-corrected chi connectivity index (χ1v) is 4.71. The molecule has 2 N–H and O–H groups in total. The first-order chi connectivity index (χ1) is 6.15. The van der Waals surface area contributed by atoms with E-state index in [0.29, 0.717) is 6.42 Å². The Kier molecular flexibility index (Phi) is 3.70. The number of halogens is 2. The molecular weight excluding hydrogens is 189 g/mol. The normalized spacial score (nSPS) is 12.9. The zero-order valence-electron chi connectivity index (χ0n) is 7.56. The number of rotatable bonds is 3. The molecule has 0 spiro atoms. The Bertz CT molecular complexity index is 288. The highest BCUT2D eigenvalue weighted by Gasteiger charge is 2.08. The van der Waals surface area contributed by atoms with Gasteiger partial charge < -0.3 is 5.73 Å². The maximum absolute atomic E-state index is 13.0. The second kappa shape index (κ2) is 4.58. The number of benzene rings is 1. The van der Waals surface area contributed by atoms with Crippen LogP contribution >= 0.6 is 11.6 Å². The summed E-state index contributed by atoms with van der Waals surface area (Å²) in [6, 6.07) is 4.86. The van der Waals surface area contributed by atoms with Crippen molar-refractivity contribution in [1.29, 1.82) is 0 Å². The predicted molar refractivity (Wildman–Crippen MR) is 53.4 cm³/mol. The second-order valence-electron chi connectivity index (χ2n) is 3.09. The molecule has 1 unspecified atom stereocenters. The summed E-state index contributed by atoms with van der Waals surface area (Å²) < 4.78 is 13.0. The van der Waals surface area contributed by atoms with Crippen molar-refractivity contribution in [2.24, 2.45) is 5.73 Å². The highest BCUT2D eigenvalue weighted by molar-refractivity contribution is 6.31. The number of hydrogen-bond acceptors (Lipinski definition) is 1. The average Bonchev–Trinajstić information content (AvgIpc) is 2.13. The van der Waals surface area contributed by atoms with Crippen molar-refractivity contribution in [3.8, 4) is 0 Å².